The standard InChI is InChI=1S/C24H31N3O/c1-20-10-12-23(13-11-20)19-25-24(28)21(2)27-17-15-26(16-18-27)14-6-9-22-7-4-3-5-8-22/h3-13,21H,14-19H2,1-2H3,(H,25,28)/b9-6+/t21-/m1/s1. The van der Waals surface area contributed by atoms with Crippen molar-refractivity contribution in [1.29, 1.82) is 0 Å². The Kier molecular flexibility index (Phi) is 7.40. The maximum atomic E-state index is 12.5. The molecule has 0 aliphatic carbocycles. The van der Waals surface area contributed by atoms with Crippen molar-refractivity contribution in [2.24, 2.45) is 0 Å². The first-order valence-corrected chi connectivity index (χ1v) is 10.1. The number of aryl methyl sites for hydroxylation is 1. The lowest BCUT2D eigenvalue weighted by molar-refractivity contribution is -0.126. The normalized spacial score (nSPS) is 16.9. The molecule has 2 aromatic carbocycles. The molecule has 1 fully saturated rings. The highest BCUT2D eigenvalue weighted by Crippen LogP contribution is 2.09. The second-order valence-electron chi connectivity index (χ2n) is 7.53. The van der Waals surface area contributed by atoms with E-state index in [1.165, 1.54) is 11.1 Å². The van der Waals surface area contributed by atoms with Crippen LogP contribution in [-0.2, 0) is 11.3 Å². The summed E-state index contributed by atoms with van der Waals surface area (Å²) in [5, 5.41) is 3.07. The number of amides is 1. The van der Waals surface area contributed by atoms with Crippen LogP contribution in [0.3, 0.4) is 0 Å². The van der Waals surface area contributed by atoms with E-state index in [1.54, 1.807) is 0 Å². The highest BCUT2D eigenvalue weighted by atomic mass is 16.2. The van der Waals surface area contributed by atoms with Crippen LogP contribution in [0.1, 0.15) is 23.6 Å². The van der Waals surface area contributed by atoms with Crippen molar-refractivity contribution < 1.29 is 4.79 Å². The Morgan fingerprint density at radius 2 is 1.71 bits per heavy atom. The number of benzene rings is 2. The van der Waals surface area contributed by atoms with Crippen molar-refractivity contribution in [3.8, 4) is 0 Å². The molecule has 4 nitrogen and oxygen atoms in total. The lowest BCUT2D eigenvalue weighted by Gasteiger charge is -2.37. The summed E-state index contributed by atoms with van der Waals surface area (Å²) in [6.45, 7) is 9.47. The van der Waals surface area contributed by atoms with Crippen LogP contribution < -0.4 is 5.32 Å². The molecule has 1 saturated heterocycles. The van der Waals surface area contributed by atoms with Gasteiger partial charge in [0.25, 0.3) is 0 Å². The summed E-state index contributed by atoms with van der Waals surface area (Å²) in [4.78, 5) is 17.2. The number of rotatable bonds is 7. The van der Waals surface area contributed by atoms with Gasteiger partial charge in [-0.15, -0.1) is 0 Å². The first kappa shape index (κ1) is 20.3. The number of hydrogen-bond donors (Lipinski definition) is 1. The van der Waals surface area contributed by atoms with E-state index < -0.39 is 0 Å². The van der Waals surface area contributed by atoms with E-state index in [1.807, 2.05) is 13.0 Å². The molecule has 0 aromatic heterocycles. The highest BCUT2D eigenvalue weighted by Gasteiger charge is 2.24. The van der Waals surface area contributed by atoms with E-state index in [4.69, 9.17) is 0 Å². The van der Waals surface area contributed by atoms with Gasteiger partial charge in [-0.05, 0) is 25.0 Å². The maximum Gasteiger partial charge on any atom is 0.237 e. The Labute approximate surface area is 168 Å². The van der Waals surface area contributed by atoms with E-state index in [-0.39, 0.29) is 11.9 Å². The van der Waals surface area contributed by atoms with Crippen molar-refractivity contribution in [3.63, 3.8) is 0 Å². The fourth-order valence-corrected chi connectivity index (χ4v) is 3.44. The molecule has 4 heteroatoms. The molecule has 1 aliphatic heterocycles. The smallest absolute Gasteiger partial charge is 0.237 e. The molecule has 0 radical (unpaired) electrons. The summed E-state index contributed by atoms with van der Waals surface area (Å²) in [7, 11) is 0. The SMILES string of the molecule is Cc1ccc(CNC(=O)[C@@H](C)N2CCN(C/C=C/c3ccccc3)CC2)cc1. The molecular formula is C24H31N3O. The van der Waals surface area contributed by atoms with E-state index >= 15 is 0 Å². The average molecular weight is 378 g/mol. The summed E-state index contributed by atoms with van der Waals surface area (Å²) in [5.41, 5.74) is 3.61. The molecule has 1 aliphatic rings. The monoisotopic (exact) mass is 377 g/mol. The van der Waals surface area contributed by atoms with Crippen molar-refractivity contribution in [1.82, 2.24) is 15.1 Å². The van der Waals surface area contributed by atoms with Crippen molar-refractivity contribution >= 4 is 12.0 Å². The van der Waals surface area contributed by atoms with Crippen LogP contribution in [-0.4, -0.2) is 54.5 Å². The number of carbonyl (C=O) groups excluding carboxylic acids is 1. The van der Waals surface area contributed by atoms with Crippen LogP contribution in [0.15, 0.2) is 60.7 Å². The quantitative estimate of drug-likeness (QED) is 0.804. The zero-order valence-electron chi connectivity index (χ0n) is 17.0. The van der Waals surface area contributed by atoms with E-state index in [9.17, 15) is 4.79 Å². The lowest BCUT2D eigenvalue weighted by atomic mass is 10.1. The molecule has 148 valence electrons. The van der Waals surface area contributed by atoms with E-state index in [0.29, 0.717) is 6.54 Å². The Morgan fingerprint density at radius 1 is 1.04 bits per heavy atom. The number of carbonyl (C=O) groups is 1. The number of piperazine rings is 1. The molecule has 28 heavy (non-hydrogen) atoms. The second-order valence-corrected chi connectivity index (χ2v) is 7.53. The Morgan fingerprint density at radius 3 is 2.39 bits per heavy atom. The Balaban J connectivity index is 1.39. The van der Waals surface area contributed by atoms with Crippen LogP contribution >= 0.6 is 0 Å². The topological polar surface area (TPSA) is 35.6 Å². The first-order valence-electron chi connectivity index (χ1n) is 10.1. The van der Waals surface area contributed by atoms with Crippen molar-refractivity contribution in [3.05, 3.63) is 77.4 Å². The minimum Gasteiger partial charge on any atom is -0.351 e. The van der Waals surface area contributed by atoms with Gasteiger partial charge in [0, 0.05) is 39.3 Å². The largest absolute Gasteiger partial charge is 0.351 e. The van der Waals surface area contributed by atoms with Gasteiger partial charge >= 0.3 is 0 Å². The average Bonchev–Trinajstić information content (AvgIpc) is 2.74. The third-order valence-electron chi connectivity index (χ3n) is 5.39. The highest BCUT2D eigenvalue weighted by molar-refractivity contribution is 5.81. The molecule has 1 amide bonds. The summed E-state index contributed by atoms with van der Waals surface area (Å²) in [5.74, 6) is 0.109. The number of nitrogens with zero attached hydrogens (tertiary/aromatic N) is 2. The fraction of sp³-hybridized carbons (Fsp3) is 0.375. The van der Waals surface area contributed by atoms with Gasteiger partial charge in [-0.25, -0.2) is 0 Å². The van der Waals surface area contributed by atoms with Crippen molar-refractivity contribution in [2.75, 3.05) is 32.7 Å². The van der Waals surface area contributed by atoms with Crippen LogP contribution in [0.5, 0.6) is 0 Å². The molecule has 2 aromatic rings. The van der Waals surface area contributed by atoms with Gasteiger partial charge in [0.05, 0.1) is 6.04 Å². The summed E-state index contributed by atoms with van der Waals surface area (Å²) < 4.78 is 0. The van der Waals surface area contributed by atoms with Gasteiger partial charge in [-0.2, -0.15) is 0 Å². The minimum atomic E-state index is -0.0903. The fourth-order valence-electron chi connectivity index (χ4n) is 3.44. The van der Waals surface area contributed by atoms with Gasteiger partial charge < -0.3 is 5.32 Å². The lowest BCUT2D eigenvalue weighted by Crippen LogP contribution is -2.53. The van der Waals surface area contributed by atoms with E-state index in [2.05, 4.69) is 82.7 Å². The van der Waals surface area contributed by atoms with E-state index in [0.717, 1.165) is 38.3 Å². The van der Waals surface area contributed by atoms with Crippen LogP contribution in [0.25, 0.3) is 6.08 Å². The summed E-state index contributed by atoms with van der Waals surface area (Å²) in [6, 6.07) is 18.6. The molecular weight excluding hydrogens is 346 g/mol. The summed E-state index contributed by atoms with van der Waals surface area (Å²) in [6.07, 6.45) is 4.40. The van der Waals surface area contributed by atoms with Crippen molar-refractivity contribution in [2.45, 2.75) is 26.4 Å². The van der Waals surface area contributed by atoms with Crippen LogP contribution in [0, 0.1) is 6.92 Å². The molecule has 3 rings (SSSR count). The third kappa shape index (κ3) is 6.04. The van der Waals surface area contributed by atoms with Gasteiger partial charge in [0.2, 0.25) is 5.91 Å². The zero-order valence-corrected chi connectivity index (χ0v) is 17.0. The second kappa shape index (κ2) is 10.2. The van der Waals surface area contributed by atoms with Crippen LogP contribution in [0.4, 0.5) is 0 Å². The minimum absolute atomic E-state index is 0.0903. The zero-order chi connectivity index (χ0) is 19.8. The van der Waals surface area contributed by atoms with Gasteiger partial charge in [-0.3, -0.25) is 14.6 Å². The first-order chi connectivity index (χ1) is 13.6. The predicted molar refractivity (Wildman–Crippen MR) is 116 cm³/mol. The van der Waals surface area contributed by atoms with Gasteiger partial charge in [-0.1, -0.05) is 72.3 Å². The van der Waals surface area contributed by atoms with Gasteiger partial charge in [0.15, 0.2) is 0 Å². The molecule has 0 unspecified atom stereocenters. The Bertz CT molecular complexity index is 762. The van der Waals surface area contributed by atoms with Crippen LogP contribution in [0.2, 0.25) is 0 Å². The molecule has 0 bridgehead atoms. The summed E-state index contributed by atoms with van der Waals surface area (Å²) >= 11 is 0. The number of nitrogens with one attached hydrogen (secondary N) is 1. The third-order valence-corrected chi connectivity index (χ3v) is 5.39. The molecule has 1 atom stereocenters. The van der Waals surface area contributed by atoms with Gasteiger partial charge in [0.1, 0.15) is 0 Å². The molecule has 0 spiro atoms. The number of hydrogen-bond acceptors (Lipinski definition) is 3. The molecule has 0 saturated carbocycles. The molecule has 1 N–H and O–H groups in total. The maximum absolute atomic E-state index is 12.5. The Hall–Kier alpha value is -2.43. The predicted octanol–water partition coefficient (Wildman–Crippen LogP) is 3.33. The molecule has 1 heterocycles.